The largest absolute Gasteiger partial charge is 0.497 e. The van der Waals surface area contributed by atoms with Crippen molar-refractivity contribution in [1.29, 1.82) is 0 Å². The highest BCUT2D eigenvalue weighted by atomic mass is 16.5. The smallest absolute Gasteiger partial charge is 0.120 e. The van der Waals surface area contributed by atoms with Gasteiger partial charge in [0.2, 0.25) is 0 Å². The van der Waals surface area contributed by atoms with Gasteiger partial charge in [0, 0.05) is 11.3 Å². The summed E-state index contributed by atoms with van der Waals surface area (Å²) in [4.78, 5) is 7.75. The molecule has 2 rings (SSSR count). The van der Waals surface area contributed by atoms with Gasteiger partial charge in [0.1, 0.15) is 11.6 Å². The molecule has 0 spiro atoms. The van der Waals surface area contributed by atoms with Gasteiger partial charge in [-0.1, -0.05) is 19.1 Å². The summed E-state index contributed by atoms with van der Waals surface area (Å²) in [5.41, 5.74) is 8.73. The third-order valence-corrected chi connectivity index (χ3v) is 2.72. The van der Waals surface area contributed by atoms with Crippen LogP contribution < -0.4 is 10.5 Å². The summed E-state index contributed by atoms with van der Waals surface area (Å²) in [6.45, 7) is 2.52. The minimum Gasteiger partial charge on any atom is -0.497 e. The monoisotopic (exact) mass is 231 g/mol. The number of aromatic nitrogens is 2. The molecule has 0 unspecified atom stereocenters. The van der Waals surface area contributed by atoms with Gasteiger partial charge in [-0.25, -0.2) is 4.98 Å². The van der Waals surface area contributed by atoms with Crippen LogP contribution in [0, 0.1) is 0 Å². The summed E-state index contributed by atoms with van der Waals surface area (Å²) in [6, 6.07) is 7.89. The van der Waals surface area contributed by atoms with E-state index in [2.05, 4.69) is 16.9 Å². The van der Waals surface area contributed by atoms with E-state index in [1.165, 1.54) is 0 Å². The number of methoxy groups -OCH3 is 1. The molecular formula is C13H17N3O. The van der Waals surface area contributed by atoms with Crippen LogP contribution in [0.15, 0.2) is 24.3 Å². The maximum absolute atomic E-state index is 5.60. The van der Waals surface area contributed by atoms with E-state index in [0.717, 1.165) is 34.9 Å². The first-order valence-electron chi connectivity index (χ1n) is 5.70. The number of H-pyrrole nitrogens is 1. The molecule has 0 fully saturated rings. The molecule has 0 amide bonds. The molecule has 1 aromatic carbocycles. The molecule has 0 aliphatic rings. The van der Waals surface area contributed by atoms with E-state index in [1.807, 2.05) is 24.3 Å². The van der Waals surface area contributed by atoms with Crippen LogP contribution in [-0.4, -0.2) is 17.1 Å². The lowest BCUT2D eigenvalue weighted by Gasteiger charge is -2.03. The van der Waals surface area contributed by atoms with Crippen LogP contribution in [0.3, 0.4) is 0 Å². The Labute approximate surface area is 101 Å². The molecule has 4 heteroatoms. The zero-order valence-electron chi connectivity index (χ0n) is 10.2. The number of aryl methyl sites for hydroxylation is 1. The lowest BCUT2D eigenvalue weighted by atomic mass is 10.1. The Morgan fingerprint density at radius 1 is 1.41 bits per heavy atom. The van der Waals surface area contributed by atoms with Crippen molar-refractivity contribution >= 4 is 0 Å². The molecule has 2 aromatic rings. The van der Waals surface area contributed by atoms with Gasteiger partial charge in [-0.05, 0) is 18.6 Å². The molecule has 17 heavy (non-hydrogen) atoms. The van der Waals surface area contributed by atoms with Gasteiger partial charge in [0.25, 0.3) is 0 Å². The number of nitrogens with zero attached hydrogens (tertiary/aromatic N) is 1. The maximum atomic E-state index is 5.60. The van der Waals surface area contributed by atoms with E-state index in [1.54, 1.807) is 7.11 Å². The minimum absolute atomic E-state index is 0.428. The molecule has 3 N–H and O–H groups in total. The normalized spacial score (nSPS) is 10.5. The third kappa shape index (κ3) is 2.31. The summed E-state index contributed by atoms with van der Waals surface area (Å²) < 4.78 is 5.22. The molecule has 0 saturated carbocycles. The zero-order chi connectivity index (χ0) is 12.3. The van der Waals surface area contributed by atoms with E-state index in [9.17, 15) is 0 Å². The summed E-state index contributed by atoms with van der Waals surface area (Å²) in [5, 5.41) is 0. The topological polar surface area (TPSA) is 63.9 Å². The average Bonchev–Trinajstić information content (AvgIpc) is 2.82. The molecule has 0 aliphatic carbocycles. The number of benzene rings is 1. The number of nitrogens with two attached hydrogens (primary N) is 1. The van der Waals surface area contributed by atoms with E-state index in [4.69, 9.17) is 10.5 Å². The predicted octanol–water partition coefficient (Wildman–Crippen LogP) is 2.11. The van der Waals surface area contributed by atoms with E-state index >= 15 is 0 Å². The fourth-order valence-corrected chi connectivity index (χ4v) is 1.83. The predicted molar refractivity (Wildman–Crippen MR) is 67.8 cm³/mol. The first-order valence-corrected chi connectivity index (χ1v) is 5.70. The number of imidazole rings is 1. The Hall–Kier alpha value is -1.81. The number of rotatable bonds is 4. The molecule has 0 aliphatic heterocycles. The fraction of sp³-hybridized carbons (Fsp3) is 0.308. The van der Waals surface area contributed by atoms with Gasteiger partial charge >= 0.3 is 0 Å². The fourth-order valence-electron chi connectivity index (χ4n) is 1.83. The summed E-state index contributed by atoms with van der Waals surface area (Å²) in [6.07, 6.45) is 0.902. The van der Waals surface area contributed by atoms with Crippen molar-refractivity contribution < 1.29 is 4.74 Å². The Bertz CT molecular complexity index is 505. The van der Waals surface area contributed by atoms with E-state index in [0.29, 0.717) is 6.54 Å². The van der Waals surface area contributed by atoms with Crippen LogP contribution in [-0.2, 0) is 13.0 Å². The lowest BCUT2D eigenvalue weighted by Crippen LogP contribution is -1.98. The van der Waals surface area contributed by atoms with Crippen LogP contribution in [0.1, 0.15) is 18.4 Å². The first kappa shape index (κ1) is 11.7. The molecule has 0 radical (unpaired) electrons. The van der Waals surface area contributed by atoms with E-state index < -0.39 is 0 Å². The Morgan fingerprint density at radius 2 is 2.24 bits per heavy atom. The highest BCUT2D eigenvalue weighted by molar-refractivity contribution is 5.64. The Balaban J connectivity index is 2.47. The molecular weight excluding hydrogens is 214 g/mol. The second-order valence-electron chi connectivity index (χ2n) is 3.80. The highest BCUT2D eigenvalue weighted by Crippen LogP contribution is 2.25. The quantitative estimate of drug-likeness (QED) is 0.847. The molecule has 0 atom stereocenters. The van der Waals surface area contributed by atoms with Crippen molar-refractivity contribution in [2.45, 2.75) is 19.9 Å². The van der Waals surface area contributed by atoms with Crippen molar-refractivity contribution in [3.05, 3.63) is 35.8 Å². The summed E-state index contributed by atoms with van der Waals surface area (Å²) in [5.74, 6) is 1.65. The van der Waals surface area contributed by atoms with Crippen molar-refractivity contribution in [3.8, 4) is 17.0 Å². The number of aromatic amines is 1. The second kappa shape index (κ2) is 5.01. The summed E-state index contributed by atoms with van der Waals surface area (Å²) in [7, 11) is 1.66. The first-order chi connectivity index (χ1) is 8.28. The highest BCUT2D eigenvalue weighted by Gasteiger charge is 2.10. The Morgan fingerprint density at radius 3 is 2.88 bits per heavy atom. The van der Waals surface area contributed by atoms with Gasteiger partial charge in [-0.2, -0.15) is 0 Å². The summed E-state index contributed by atoms with van der Waals surface area (Å²) >= 11 is 0. The van der Waals surface area contributed by atoms with Crippen LogP contribution in [0.25, 0.3) is 11.3 Å². The number of nitrogens with one attached hydrogen (secondary N) is 1. The number of ether oxygens (including phenoxy) is 1. The molecule has 0 saturated heterocycles. The van der Waals surface area contributed by atoms with Crippen molar-refractivity contribution in [3.63, 3.8) is 0 Å². The van der Waals surface area contributed by atoms with Crippen molar-refractivity contribution in [2.75, 3.05) is 7.11 Å². The van der Waals surface area contributed by atoms with Gasteiger partial charge in [0.15, 0.2) is 0 Å². The standard InChI is InChI=1S/C13H17N3O/c1-3-11-13(16-12(8-14)15-11)9-5-4-6-10(7-9)17-2/h4-7H,3,8,14H2,1-2H3,(H,15,16). The lowest BCUT2D eigenvalue weighted by molar-refractivity contribution is 0.415. The molecule has 4 nitrogen and oxygen atoms in total. The van der Waals surface area contributed by atoms with Crippen molar-refractivity contribution in [2.24, 2.45) is 5.73 Å². The average molecular weight is 231 g/mol. The Kier molecular flexibility index (Phi) is 3.44. The maximum Gasteiger partial charge on any atom is 0.120 e. The number of hydrogen-bond donors (Lipinski definition) is 2. The van der Waals surface area contributed by atoms with Crippen LogP contribution in [0.4, 0.5) is 0 Å². The second-order valence-corrected chi connectivity index (χ2v) is 3.80. The van der Waals surface area contributed by atoms with Gasteiger partial charge in [0.05, 0.1) is 19.3 Å². The molecule has 90 valence electrons. The van der Waals surface area contributed by atoms with Crippen LogP contribution in [0.5, 0.6) is 5.75 Å². The van der Waals surface area contributed by atoms with Crippen LogP contribution in [0.2, 0.25) is 0 Å². The number of hydrogen-bond acceptors (Lipinski definition) is 3. The SMILES string of the molecule is CCc1[nH]c(CN)nc1-c1cccc(OC)c1. The third-order valence-electron chi connectivity index (χ3n) is 2.72. The van der Waals surface area contributed by atoms with Gasteiger partial charge < -0.3 is 15.5 Å². The molecule has 0 bridgehead atoms. The molecule has 1 aromatic heterocycles. The van der Waals surface area contributed by atoms with Crippen molar-refractivity contribution in [1.82, 2.24) is 9.97 Å². The van der Waals surface area contributed by atoms with Crippen LogP contribution >= 0.6 is 0 Å². The van der Waals surface area contributed by atoms with Gasteiger partial charge in [-0.15, -0.1) is 0 Å². The zero-order valence-corrected chi connectivity index (χ0v) is 10.2. The van der Waals surface area contributed by atoms with Gasteiger partial charge in [-0.3, -0.25) is 0 Å². The minimum atomic E-state index is 0.428. The molecule has 1 heterocycles. The van der Waals surface area contributed by atoms with E-state index in [-0.39, 0.29) is 0 Å².